The molecule has 1 aromatic heterocycles. The number of hydrogen-bond acceptors (Lipinski definition) is 5. The predicted octanol–water partition coefficient (Wildman–Crippen LogP) is 0.214. The van der Waals surface area contributed by atoms with Gasteiger partial charge in [-0.25, -0.2) is 9.97 Å². The van der Waals surface area contributed by atoms with Gasteiger partial charge in [-0.15, -0.1) is 0 Å². The Morgan fingerprint density at radius 3 is 3.00 bits per heavy atom. The van der Waals surface area contributed by atoms with Gasteiger partial charge in [-0.2, -0.15) is 0 Å². The van der Waals surface area contributed by atoms with Gasteiger partial charge in [0, 0.05) is 18.6 Å². The number of carbonyl (C=O) groups is 1. The molecule has 2 rings (SSSR count). The van der Waals surface area contributed by atoms with E-state index in [-0.39, 0.29) is 17.6 Å². The van der Waals surface area contributed by atoms with Gasteiger partial charge in [0.05, 0.1) is 19.0 Å². The van der Waals surface area contributed by atoms with Gasteiger partial charge in [0.1, 0.15) is 11.5 Å². The number of nitrogen functional groups attached to an aromatic ring is 1. The molecule has 2 atom stereocenters. The standard InChI is InChI=1S/C11H16N4O2/c1-7(8-2-3-17-6-8)15-11(16)9-4-14-10(12)5-13-9/h4-5,7-8H,2-3,6H2,1H3,(H2,12,14)(H,15,16). The zero-order valence-electron chi connectivity index (χ0n) is 9.72. The molecule has 0 bridgehead atoms. The third-order valence-corrected chi connectivity index (χ3v) is 2.94. The lowest BCUT2D eigenvalue weighted by molar-refractivity contribution is 0.0917. The first-order chi connectivity index (χ1) is 8.16. The highest BCUT2D eigenvalue weighted by molar-refractivity contribution is 5.92. The highest BCUT2D eigenvalue weighted by Crippen LogP contribution is 2.16. The van der Waals surface area contributed by atoms with Gasteiger partial charge in [-0.1, -0.05) is 0 Å². The van der Waals surface area contributed by atoms with Crippen molar-refractivity contribution in [3.8, 4) is 0 Å². The van der Waals surface area contributed by atoms with Crippen LogP contribution in [0.25, 0.3) is 0 Å². The topological polar surface area (TPSA) is 90.1 Å². The van der Waals surface area contributed by atoms with E-state index in [0.29, 0.717) is 18.3 Å². The summed E-state index contributed by atoms with van der Waals surface area (Å²) < 4.78 is 5.29. The smallest absolute Gasteiger partial charge is 0.271 e. The zero-order chi connectivity index (χ0) is 12.3. The molecule has 1 saturated heterocycles. The third-order valence-electron chi connectivity index (χ3n) is 2.94. The lowest BCUT2D eigenvalue weighted by atomic mass is 10.0. The first-order valence-corrected chi connectivity index (χ1v) is 5.63. The second kappa shape index (κ2) is 5.09. The molecule has 17 heavy (non-hydrogen) atoms. The molecule has 1 fully saturated rings. The number of nitrogens with one attached hydrogen (secondary N) is 1. The van der Waals surface area contributed by atoms with Gasteiger partial charge in [-0.3, -0.25) is 4.79 Å². The minimum absolute atomic E-state index is 0.0735. The van der Waals surface area contributed by atoms with E-state index in [4.69, 9.17) is 10.5 Å². The Labute approximate surface area is 99.6 Å². The number of hydrogen-bond donors (Lipinski definition) is 2. The van der Waals surface area contributed by atoms with Crippen molar-refractivity contribution in [2.45, 2.75) is 19.4 Å². The molecular weight excluding hydrogens is 220 g/mol. The minimum atomic E-state index is -0.225. The SMILES string of the molecule is CC(NC(=O)c1cnc(N)cn1)C1CCOC1. The molecule has 2 unspecified atom stereocenters. The summed E-state index contributed by atoms with van der Waals surface area (Å²) in [5.74, 6) is 0.455. The number of nitrogens with two attached hydrogens (primary N) is 1. The average molecular weight is 236 g/mol. The Morgan fingerprint density at radius 2 is 2.41 bits per heavy atom. The van der Waals surface area contributed by atoms with Crippen molar-refractivity contribution < 1.29 is 9.53 Å². The summed E-state index contributed by atoms with van der Waals surface area (Å²) in [5.41, 5.74) is 5.69. The third kappa shape index (κ3) is 2.91. The van der Waals surface area contributed by atoms with Crippen molar-refractivity contribution in [1.29, 1.82) is 0 Å². The van der Waals surface area contributed by atoms with Crippen molar-refractivity contribution >= 4 is 11.7 Å². The van der Waals surface area contributed by atoms with Gasteiger partial charge < -0.3 is 15.8 Å². The highest BCUT2D eigenvalue weighted by atomic mass is 16.5. The fourth-order valence-corrected chi connectivity index (χ4v) is 1.80. The van der Waals surface area contributed by atoms with E-state index in [1.165, 1.54) is 12.4 Å². The molecule has 1 aliphatic rings. The maximum atomic E-state index is 11.8. The van der Waals surface area contributed by atoms with E-state index < -0.39 is 0 Å². The number of carbonyl (C=O) groups excluding carboxylic acids is 1. The van der Waals surface area contributed by atoms with Crippen molar-refractivity contribution in [2.75, 3.05) is 18.9 Å². The van der Waals surface area contributed by atoms with Crippen molar-refractivity contribution in [3.63, 3.8) is 0 Å². The predicted molar refractivity (Wildman–Crippen MR) is 62.3 cm³/mol. The molecule has 0 radical (unpaired) electrons. The van der Waals surface area contributed by atoms with Crippen LogP contribution in [-0.4, -0.2) is 35.1 Å². The Balaban J connectivity index is 1.94. The zero-order valence-corrected chi connectivity index (χ0v) is 9.72. The average Bonchev–Trinajstić information content (AvgIpc) is 2.83. The van der Waals surface area contributed by atoms with Crippen LogP contribution in [0.2, 0.25) is 0 Å². The summed E-state index contributed by atoms with van der Waals surface area (Å²) in [5, 5.41) is 2.90. The molecule has 3 N–H and O–H groups in total. The number of ether oxygens (including phenoxy) is 1. The monoisotopic (exact) mass is 236 g/mol. The number of rotatable bonds is 3. The Bertz CT molecular complexity index is 387. The van der Waals surface area contributed by atoms with Crippen LogP contribution < -0.4 is 11.1 Å². The van der Waals surface area contributed by atoms with Crippen molar-refractivity contribution in [3.05, 3.63) is 18.1 Å². The second-order valence-electron chi connectivity index (χ2n) is 4.21. The van der Waals surface area contributed by atoms with Crippen LogP contribution in [0, 0.1) is 5.92 Å². The van der Waals surface area contributed by atoms with Crippen LogP contribution in [0.15, 0.2) is 12.4 Å². The van der Waals surface area contributed by atoms with E-state index in [0.717, 1.165) is 13.0 Å². The van der Waals surface area contributed by atoms with E-state index in [9.17, 15) is 4.79 Å². The molecule has 6 heteroatoms. The lowest BCUT2D eigenvalue weighted by Gasteiger charge is -2.18. The summed E-state index contributed by atoms with van der Waals surface area (Å²) in [4.78, 5) is 19.6. The summed E-state index contributed by atoms with van der Waals surface area (Å²) in [6, 6.07) is 0.0735. The van der Waals surface area contributed by atoms with Crippen LogP contribution in [0.4, 0.5) is 5.82 Å². The number of anilines is 1. The number of amides is 1. The lowest BCUT2D eigenvalue weighted by Crippen LogP contribution is -2.38. The maximum Gasteiger partial charge on any atom is 0.271 e. The van der Waals surface area contributed by atoms with Crippen LogP contribution >= 0.6 is 0 Å². The normalized spacial score (nSPS) is 21.1. The summed E-state index contributed by atoms with van der Waals surface area (Å²) in [7, 11) is 0. The fraction of sp³-hybridized carbons (Fsp3) is 0.545. The molecule has 6 nitrogen and oxygen atoms in total. The van der Waals surface area contributed by atoms with E-state index in [2.05, 4.69) is 15.3 Å². The summed E-state index contributed by atoms with van der Waals surface area (Å²) in [6.07, 6.45) is 3.73. The quantitative estimate of drug-likeness (QED) is 0.783. The first-order valence-electron chi connectivity index (χ1n) is 5.63. The van der Waals surface area contributed by atoms with Crippen LogP contribution in [0.1, 0.15) is 23.8 Å². The van der Waals surface area contributed by atoms with E-state index in [1.54, 1.807) is 0 Å². The van der Waals surface area contributed by atoms with Gasteiger partial charge in [0.2, 0.25) is 0 Å². The Morgan fingerprint density at radius 1 is 1.59 bits per heavy atom. The van der Waals surface area contributed by atoms with Gasteiger partial charge in [0.15, 0.2) is 0 Å². The van der Waals surface area contributed by atoms with Gasteiger partial charge in [0.25, 0.3) is 5.91 Å². The molecule has 0 saturated carbocycles. The van der Waals surface area contributed by atoms with Gasteiger partial charge in [-0.05, 0) is 13.3 Å². The molecule has 92 valence electrons. The Kier molecular flexibility index (Phi) is 3.53. The second-order valence-corrected chi connectivity index (χ2v) is 4.21. The summed E-state index contributed by atoms with van der Waals surface area (Å²) >= 11 is 0. The van der Waals surface area contributed by atoms with Gasteiger partial charge >= 0.3 is 0 Å². The fourth-order valence-electron chi connectivity index (χ4n) is 1.80. The summed E-state index contributed by atoms with van der Waals surface area (Å²) in [6.45, 7) is 3.45. The van der Waals surface area contributed by atoms with Crippen LogP contribution in [-0.2, 0) is 4.74 Å². The molecule has 1 aromatic rings. The minimum Gasteiger partial charge on any atom is -0.382 e. The number of nitrogens with zero attached hydrogens (tertiary/aromatic N) is 2. The van der Waals surface area contributed by atoms with Crippen molar-refractivity contribution in [2.24, 2.45) is 5.92 Å². The molecule has 0 aromatic carbocycles. The first kappa shape index (κ1) is 11.8. The molecule has 1 aliphatic heterocycles. The maximum absolute atomic E-state index is 11.8. The Hall–Kier alpha value is -1.69. The molecule has 0 aliphatic carbocycles. The van der Waals surface area contributed by atoms with Crippen molar-refractivity contribution in [1.82, 2.24) is 15.3 Å². The highest BCUT2D eigenvalue weighted by Gasteiger charge is 2.24. The molecule has 0 spiro atoms. The molecule has 2 heterocycles. The van der Waals surface area contributed by atoms with Crippen LogP contribution in [0.3, 0.4) is 0 Å². The largest absolute Gasteiger partial charge is 0.382 e. The molecular formula is C11H16N4O2. The number of aromatic nitrogens is 2. The molecule has 1 amide bonds. The van der Waals surface area contributed by atoms with E-state index >= 15 is 0 Å². The van der Waals surface area contributed by atoms with Crippen LogP contribution in [0.5, 0.6) is 0 Å². The van der Waals surface area contributed by atoms with E-state index in [1.807, 2.05) is 6.92 Å².